The van der Waals surface area contributed by atoms with Gasteiger partial charge in [-0.1, -0.05) is 48.0 Å². The van der Waals surface area contributed by atoms with Gasteiger partial charge in [0, 0.05) is 21.8 Å². The van der Waals surface area contributed by atoms with Crippen molar-refractivity contribution in [2.24, 2.45) is 0 Å². The molecular formula is C16H15ClN2O2. The van der Waals surface area contributed by atoms with Gasteiger partial charge in [0.1, 0.15) is 6.54 Å². The Morgan fingerprint density at radius 3 is 2.43 bits per heavy atom. The van der Waals surface area contributed by atoms with Crippen LogP contribution in [0.5, 0.6) is 0 Å². The highest BCUT2D eigenvalue weighted by molar-refractivity contribution is 6.35. The van der Waals surface area contributed by atoms with Crippen LogP contribution in [0.2, 0.25) is 5.02 Å². The molecule has 0 heterocycles. The van der Waals surface area contributed by atoms with Crippen molar-refractivity contribution in [2.75, 3.05) is 19.0 Å². The summed E-state index contributed by atoms with van der Waals surface area (Å²) in [4.78, 5) is 11.2. The highest BCUT2D eigenvalue weighted by Crippen LogP contribution is 2.23. The van der Waals surface area contributed by atoms with Gasteiger partial charge < -0.3 is 10.1 Å². The molecule has 21 heavy (non-hydrogen) atoms. The number of nitrogens with one attached hydrogen (secondary N) is 2. The third-order valence-electron chi connectivity index (χ3n) is 2.99. The van der Waals surface area contributed by atoms with Crippen LogP contribution in [0.1, 0.15) is 11.1 Å². The molecule has 0 saturated heterocycles. The predicted octanol–water partition coefficient (Wildman–Crippen LogP) is 3.34. The second kappa shape index (κ2) is 6.90. The van der Waals surface area contributed by atoms with Crippen LogP contribution in [-0.2, 0) is 9.53 Å². The van der Waals surface area contributed by atoms with E-state index in [4.69, 9.17) is 17.0 Å². The number of ether oxygens (including phenoxy) is 1. The van der Waals surface area contributed by atoms with Crippen molar-refractivity contribution < 1.29 is 9.53 Å². The summed E-state index contributed by atoms with van der Waals surface area (Å²) in [5.41, 5.74) is 2.31. The van der Waals surface area contributed by atoms with Gasteiger partial charge in [0.25, 0.3) is 0 Å². The summed E-state index contributed by atoms with van der Waals surface area (Å²) in [7, 11) is 1.34. The molecule has 0 spiro atoms. The smallest absolute Gasteiger partial charge is 0.325 e. The standard InChI is InChI=1S/C16H15ClN2O2/c1-21-15(20)10-19-14-9-5-3-7-12(14)16(18)11-6-2-4-8-13(11)17/h2-9,18-19H,10H2,1H3. The molecule has 0 aliphatic rings. The van der Waals surface area contributed by atoms with Gasteiger partial charge in [-0.3, -0.25) is 10.2 Å². The molecule has 0 aromatic heterocycles. The van der Waals surface area contributed by atoms with Gasteiger partial charge in [-0.15, -0.1) is 0 Å². The largest absolute Gasteiger partial charge is 0.468 e. The first-order valence-electron chi connectivity index (χ1n) is 6.37. The molecule has 0 fully saturated rings. The van der Waals surface area contributed by atoms with Crippen molar-refractivity contribution in [3.8, 4) is 0 Å². The minimum atomic E-state index is -0.367. The molecule has 2 N–H and O–H groups in total. The third-order valence-corrected chi connectivity index (χ3v) is 3.32. The van der Waals surface area contributed by atoms with Gasteiger partial charge in [0.2, 0.25) is 0 Å². The van der Waals surface area contributed by atoms with Crippen molar-refractivity contribution >= 4 is 29.0 Å². The van der Waals surface area contributed by atoms with E-state index in [2.05, 4.69) is 10.1 Å². The highest BCUT2D eigenvalue weighted by atomic mass is 35.5. The van der Waals surface area contributed by atoms with E-state index < -0.39 is 0 Å². The maximum Gasteiger partial charge on any atom is 0.325 e. The fraction of sp³-hybridized carbons (Fsp3) is 0.125. The Kier molecular flexibility index (Phi) is 4.95. The number of esters is 1. The fourth-order valence-electron chi connectivity index (χ4n) is 1.90. The van der Waals surface area contributed by atoms with Crippen LogP contribution in [0.3, 0.4) is 0 Å². The zero-order chi connectivity index (χ0) is 15.2. The SMILES string of the molecule is COC(=O)CNc1ccccc1C(=N)c1ccccc1Cl. The molecule has 0 atom stereocenters. The van der Waals surface area contributed by atoms with Crippen LogP contribution >= 0.6 is 11.6 Å². The Hall–Kier alpha value is -2.33. The van der Waals surface area contributed by atoms with Crippen LogP contribution in [0.4, 0.5) is 5.69 Å². The molecule has 5 heteroatoms. The number of hydrogen-bond acceptors (Lipinski definition) is 4. The van der Waals surface area contributed by atoms with E-state index in [-0.39, 0.29) is 12.5 Å². The molecule has 2 aromatic rings. The average Bonchev–Trinajstić information content (AvgIpc) is 2.52. The Labute approximate surface area is 128 Å². The second-order valence-electron chi connectivity index (χ2n) is 4.33. The number of para-hydroxylation sites is 1. The van der Waals surface area contributed by atoms with Crippen LogP contribution in [0.15, 0.2) is 48.5 Å². The second-order valence-corrected chi connectivity index (χ2v) is 4.74. The molecule has 4 nitrogen and oxygen atoms in total. The lowest BCUT2D eigenvalue weighted by molar-refractivity contribution is -0.138. The summed E-state index contributed by atoms with van der Waals surface area (Å²) in [6.45, 7) is 0.0450. The number of carbonyl (C=O) groups excluding carboxylic acids is 1. The minimum Gasteiger partial charge on any atom is -0.468 e. The highest BCUT2D eigenvalue weighted by Gasteiger charge is 2.12. The molecule has 2 aromatic carbocycles. The Balaban J connectivity index is 2.29. The topological polar surface area (TPSA) is 62.2 Å². The molecule has 0 bridgehead atoms. The van der Waals surface area contributed by atoms with Crippen LogP contribution in [-0.4, -0.2) is 25.3 Å². The van der Waals surface area contributed by atoms with Gasteiger partial charge >= 0.3 is 5.97 Å². The predicted molar refractivity (Wildman–Crippen MR) is 84.3 cm³/mol. The monoisotopic (exact) mass is 302 g/mol. The van der Waals surface area contributed by atoms with Crippen molar-refractivity contribution in [1.29, 1.82) is 5.41 Å². The number of methoxy groups -OCH3 is 1. The van der Waals surface area contributed by atoms with Gasteiger partial charge in [0.15, 0.2) is 0 Å². The average molecular weight is 303 g/mol. The maximum absolute atomic E-state index is 11.2. The summed E-state index contributed by atoms with van der Waals surface area (Å²) < 4.78 is 4.60. The van der Waals surface area contributed by atoms with E-state index >= 15 is 0 Å². The summed E-state index contributed by atoms with van der Waals surface area (Å²) in [6, 6.07) is 14.5. The van der Waals surface area contributed by atoms with Crippen LogP contribution in [0.25, 0.3) is 0 Å². The van der Waals surface area contributed by atoms with E-state index in [0.29, 0.717) is 27.5 Å². The zero-order valence-electron chi connectivity index (χ0n) is 11.5. The Morgan fingerprint density at radius 1 is 1.14 bits per heavy atom. The number of benzene rings is 2. The summed E-state index contributed by atoms with van der Waals surface area (Å²) in [6.07, 6.45) is 0. The van der Waals surface area contributed by atoms with Gasteiger partial charge in [0.05, 0.1) is 12.8 Å². The van der Waals surface area contributed by atoms with Gasteiger partial charge in [-0.05, 0) is 12.1 Å². The maximum atomic E-state index is 11.2. The van der Waals surface area contributed by atoms with E-state index in [9.17, 15) is 4.79 Å². The lowest BCUT2D eigenvalue weighted by Crippen LogP contribution is -2.17. The van der Waals surface area contributed by atoms with Crippen molar-refractivity contribution in [3.05, 3.63) is 64.7 Å². The van der Waals surface area contributed by atoms with Crippen LogP contribution in [0, 0.1) is 5.41 Å². The molecule has 0 aliphatic heterocycles. The first-order chi connectivity index (χ1) is 10.1. The fourth-order valence-corrected chi connectivity index (χ4v) is 2.13. The van der Waals surface area contributed by atoms with E-state index in [1.807, 2.05) is 36.4 Å². The molecule has 0 saturated carbocycles. The van der Waals surface area contributed by atoms with Crippen molar-refractivity contribution in [3.63, 3.8) is 0 Å². The molecule has 108 valence electrons. The molecule has 2 rings (SSSR count). The zero-order valence-corrected chi connectivity index (χ0v) is 12.3. The number of anilines is 1. The normalized spacial score (nSPS) is 10.0. The van der Waals surface area contributed by atoms with Gasteiger partial charge in [-0.2, -0.15) is 0 Å². The summed E-state index contributed by atoms with van der Waals surface area (Å²) in [5, 5.41) is 11.8. The molecule has 0 aliphatic carbocycles. The molecule has 0 radical (unpaired) electrons. The lowest BCUT2D eigenvalue weighted by Gasteiger charge is -2.13. The quantitative estimate of drug-likeness (QED) is 0.658. The summed E-state index contributed by atoms with van der Waals surface area (Å²) >= 11 is 6.14. The summed E-state index contributed by atoms with van der Waals surface area (Å²) in [5.74, 6) is -0.367. The number of halogens is 1. The minimum absolute atomic E-state index is 0.0450. The number of carbonyl (C=O) groups is 1. The Bertz CT molecular complexity index is 671. The first kappa shape index (κ1) is 15.1. The van der Waals surface area contributed by atoms with Gasteiger partial charge in [-0.25, -0.2) is 0 Å². The lowest BCUT2D eigenvalue weighted by atomic mass is 10.0. The van der Waals surface area contributed by atoms with Crippen molar-refractivity contribution in [1.82, 2.24) is 0 Å². The number of hydrogen-bond donors (Lipinski definition) is 2. The Morgan fingerprint density at radius 2 is 1.76 bits per heavy atom. The van der Waals surface area contributed by atoms with Crippen LogP contribution < -0.4 is 5.32 Å². The third kappa shape index (κ3) is 3.61. The van der Waals surface area contributed by atoms with E-state index in [0.717, 1.165) is 0 Å². The first-order valence-corrected chi connectivity index (χ1v) is 6.75. The molecular weight excluding hydrogens is 288 g/mol. The van der Waals surface area contributed by atoms with E-state index in [1.165, 1.54) is 7.11 Å². The molecule has 0 unspecified atom stereocenters. The van der Waals surface area contributed by atoms with E-state index in [1.54, 1.807) is 12.1 Å². The molecule has 0 amide bonds. The number of rotatable bonds is 5. The van der Waals surface area contributed by atoms with Crippen molar-refractivity contribution in [2.45, 2.75) is 0 Å².